The van der Waals surface area contributed by atoms with Crippen molar-refractivity contribution in [2.24, 2.45) is 5.84 Å². The Bertz CT molecular complexity index is 356. The summed E-state index contributed by atoms with van der Waals surface area (Å²) in [5, 5.41) is 4.37. The first-order valence-electron chi connectivity index (χ1n) is 6.39. The van der Waals surface area contributed by atoms with Gasteiger partial charge in [-0.15, -0.1) is 0 Å². The third kappa shape index (κ3) is 3.54. The number of methoxy groups -OCH3 is 1. The molecule has 2 unspecified atom stereocenters. The van der Waals surface area contributed by atoms with Gasteiger partial charge in [0.1, 0.15) is 0 Å². The van der Waals surface area contributed by atoms with Gasteiger partial charge in [0.05, 0.1) is 28.5 Å². The lowest BCUT2D eigenvalue weighted by Crippen LogP contribution is -2.39. The van der Waals surface area contributed by atoms with Crippen LogP contribution in [0, 0.1) is 0 Å². The van der Waals surface area contributed by atoms with Gasteiger partial charge in [0, 0.05) is 13.7 Å². The molecule has 6 heteroatoms. The summed E-state index contributed by atoms with van der Waals surface area (Å²) in [5.74, 6) is 5.71. The van der Waals surface area contributed by atoms with E-state index in [1.165, 1.54) is 0 Å². The Hall–Kier alpha value is -0.430. The van der Waals surface area contributed by atoms with Gasteiger partial charge in [0.25, 0.3) is 0 Å². The van der Waals surface area contributed by atoms with Crippen LogP contribution in [-0.2, 0) is 11.3 Å². The van der Waals surface area contributed by atoms with Crippen molar-refractivity contribution in [2.75, 3.05) is 7.11 Å². The average molecular weight is 319 g/mol. The average Bonchev–Trinajstić information content (AvgIpc) is 2.72. The molecule has 1 aromatic heterocycles. The van der Waals surface area contributed by atoms with Crippen molar-refractivity contribution in [3.63, 3.8) is 0 Å². The van der Waals surface area contributed by atoms with Crippen LogP contribution in [0.1, 0.15) is 44.8 Å². The molecule has 0 amide bonds. The highest BCUT2D eigenvalue weighted by Gasteiger charge is 2.26. The molecule has 3 N–H and O–H groups in total. The lowest BCUT2D eigenvalue weighted by molar-refractivity contribution is 0.0575. The number of nitrogens with one attached hydrogen (secondary N) is 1. The second kappa shape index (κ2) is 7.89. The molecule has 1 aromatic rings. The molecule has 18 heavy (non-hydrogen) atoms. The van der Waals surface area contributed by atoms with Crippen LogP contribution in [0.5, 0.6) is 0 Å². The van der Waals surface area contributed by atoms with E-state index in [0.717, 1.165) is 36.0 Å². The molecule has 2 atom stereocenters. The maximum atomic E-state index is 5.71. The number of rotatable bonds is 8. The monoisotopic (exact) mass is 318 g/mol. The number of hydrogen-bond donors (Lipinski definition) is 2. The molecule has 0 fully saturated rings. The highest BCUT2D eigenvalue weighted by atomic mass is 79.9. The number of nitrogens with two attached hydrogens (primary N) is 1. The molecule has 1 rings (SSSR count). The summed E-state index contributed by atoms with van der Waals surface area (Å²) >= 11 is 3.54. The van der Waals surface area contributed by atoms with E-state index in [1.54, 1.807) is 7.11 Å². The Morgan fingerprint density at radius 1 is 1.50 bits per heavy atom. The van der Waals surface area contributed by atoms with Gasteiger partial charge >= 0.3 is 0 Å². The van der Waals surface area contributed by atoms with Gasteiger partial charge in [-0.2, -0.15) is 5.10 Å². The predicted molar refractivity (Wildman–Crippen MR) is 76.0 cm³/mol. The molecule has 5 nitrogen and oxygen atoms in total. The van der Waals surface area contributed by atoms with Crippen LogP contribution in [0.25, 0.3) is 0 Å². The van der Waals surface area contributed by atoms with Gasteiger partial charge in [-0.05, 0) is 28.8 Å². The Balaban J connectivity index is 3.02. The van der Waals surface area contributed by atoms with Crippen LogP contribution in [0.3, 0.4) is 0 Å². The highest BCUT2D eigenvalue weighted by Crippen LogP contribution is 2.28. The Labute approximate surface area is 117 Å². The van der Waals surface area contributed by atoms with Crippen LogP contribution in [0.2, 0.25) is 0 Å². The van der Waals surface area contributed by atoms with Crippen LogP contribution < -0.4 is 11.3 Å². The minimum Gasteiger partial charge on any atom is -0.379 e. The van der Waals surface area contributed by atoms with E-state index in [2.05, 4.69) is 40.3 Å². The van der Waals surface area contributed by atoms with E-state index in [4.69, 9.17) is 10.6 Å². The second-order valence-electron chi connectivity index (χ2n) is 4.31. The maximum Gasteiger partial charge on any atom is 0.0901 e. The van der Waals surface area contributed by atoms with E-state index >= 15 is 0 Å². The quantitative estimate of drug-likeness (QED) is 0.570. The van der Waals surface area contributed by atoms with E-state index in [9.17, 15) is 0 Å². The first-order valence-corrected chi connectivity index (χ1v) is 7.18. The van der Waals surface area contributed by atoms with Crippen molar-refractivity contribution >= 4 is 15.9 Å². The summed E-state index contributed by atoms with van der Waals surface area (Å²) < 4.78 is 8.50. The van der Waals surface area contributed by atoms with E-state index in [-0.39, 0.29) is 12.1 Å². The van der Waals surface area contributed by atoms with E-state index in [1.807, 2.05) is 10.9 Å². The van der Waals surface area contributed by atoms with Crippen molar-refractivity contribution in [1.82, 2.24) is 15.2 Å². The summed E-state index contributed by atoms with van der Waals surface area (Å²) in [4.78, 5) is 0. The number of halogens is 1. The van der Waals surface area contributed by atoms with Gasteiger partial charge in [-0.1, -0.05) is 20.3 Å². The van der Waals surface area contributed by atoms with Crippen molar-refractivity contribution in [3.05, 3.63) is 16.4 Å². The first kappa shape index (κ1) is 15.6. The molecule has 1 heterocycles. The fourth-order valence-corrected chi connectivity index (χ4v) is 2.68. The smallest absolute Gasteiger partial charge is 0.0901 e. The molecule has 0 aliphatic carbocycles. The fraction of sp³-hybridized carbons (Fsp3) is 0.750. The first-order chi connectivity index (χ1) is 8.69. The van der Waals surface area contributed by atoms with Gasteiger partial charge in [-0.3, -0.25) is 10.5 Å². The Morgan fingerprint density at radius 2 is 2.22 bits per heavy atom. The summed E-state index contributed by atoms with van der Waals surface area (Å²) in [7, 11) is 1.72. The zero-order valence-corrected chi connectivity index (χ0v) is 12.9. The highest BCUT2D eigenvalue weighted by molar-refractivity contribution is 9.10. The van der Waals surface area contributed by atoms with Gasteiger partial charge in [-0.25, -0.2) is 5.43 Å². The number of nitrogens with zero attached hydrogens (tertiary/aromatic N) is 2. The number of hydrogen-bond acceptors (Lipinski definition) is 4. The van der Waals surface area contributed by atoms with Crippen LogP contribution in [0.15, 0.2) is 10.7 Å². The number of aryl methyl sites for hydroxylation is 1. The maximum absolute atomic E-state index is 5.71. The molecule has 0 saturated carbocycles. The zero-order chi connectivity index (χ0) is 13.5. The molecule has 0 aromatic carbocycles. The summed E-state index contributed by atoms with van der Waals surface area (Å²) in [6, 6.07) is -0.0571. The molecular formula is C12H23BrN4O. The zero-order valence-electron chi connectivity index (χ0n) is 11.3. The molecule has 0 aliphatic rings. The van der Waals surface area contributed by atoms with E-state index < -0.39 is 0 Å². The summed E-state index contributed by atoms with van der Waals surface area (Å²) in [6.07, 6.45) is 4.90. The lowest BCUT2D eigenvalue weighted by atomic mass is 10.0. The van der Waals surface area contributed by atoms with Crippen molar-refractivity contribution in [2.45, 2.75) is 51.8 Å². The third-order valence-corrected chi connectivity index (χ3v) is 3.60. The predicted octanol–water partition coefficient (Wildman–Crippen LogP) is 2.38. The minimum atomic E-state index is -0.0571. The molecule has 0 aliphatic heterocycles. The van der Waals surface area contributed by atoms with Gasteiger partial charge in [0.2, 0.25) is 0 Å². The normalized spacial score (nSPS) is 14.7. The lowest BCUT2D eigenvalue weighted by Gasteiger charge is -2.26. The fourth-order valence-electron chi connectivity index (χ4n) is 2.14. The SMILES string of the molecule is CCCC(OC)C(NN)c1c(Br)cnn1CCC. The number of aromatic nitrogens is 2. The standard InChI is InChI=1S/C12H23BrN4O/c1-4-6-10(18-3)11(16-14)12-9(13)8-15-17(12)7-5-2/h8,10-11,16H,4-7,14H2,1-3H3. The molecule has 0 spiro atoms. The third-order valence-electron chi connectivity index (χ3n) is 2.99. The van der Waals surface area contributed by atoms with Crippen molar-refractivity contribution in [1.29, 1.82) is 0 Å². The van der Waals surface area contributed by atoms with Gasteiger partial charge < -0.3 is 4.74 Å². The molecule has 0 bridgehead atoms. The summed E-state index contributed by atoms with van der Waals surface area (Å²) in [6.45, 7) is 5.14. The van der Waals surface area contributed by atoms with Crippen LogP contribution >= 0.6 is 15.9 Å². The second-order valence-corrected chi connectivity index (χ2v) is 5.16. The number of ether oxygens (including phenoxy) is 1. The topological polar surface area (TPSA) is 65.1 Å². The largest absolute Gasteiger partial charge is 0.379 e. The van der Waals surface area contributed by atoms with E-state index in [0.29, 0.717) is 0 Å². The minimum absolute atomic E-state index is 0.0450. The molecule has 0 saturated heterocycles. The molecule has 0 radical (unpaired) electrons. The summed E-state index contributed by atoms with van der Waals surface area (Å²) in [5.41, 5.74) is 3.92. The Kier molecular flexibility index (Phi) is 6.85. The Morgan fingerprint density at radius 3 is 2.72 bits per heavy atom. The number of hydrazine groups is 1. The molecule has 104 valence electrons. The van der Waals surface area contributed by atoms with Crippen molar-refractivity contribution < 1.29 is 4.74 Å². The van der Waals surface area contributed by atoms with Crippen molar-refractivity contribution in [3.8, 4) is 0 Å². The van der Waals surface area contributed by atoms with Crippen LogP contribution in [0.4, 0.5) is 0 Å². The van der Waals surface area contributed by atoms with Gasteiger partial charge in [0.15, 0.2) is 0 Å². The molecular weight excluding hydrogens is 296 g/mol. The van der Waals surface area contributed by atoms with Crippen LogP contribution in [-0.4, -0.2) is 23.0 Å².